The highest BCUT2D eigenvalue weighted by Gasteiger charge is 2.12. The number of nitrogens with zero attached hydrogens (tertiary/aromatic N) is 2. The zero-order chi connectivity index (χ0) is 24.2. The van der Waals surface area contributed by atoms with Crippen LogP contribution in [0.15, 0.2) is 97.1 Å². The first-order valence-electron chi connectivity index (χ1n) is 11.8. The molecule has 2 N–H and O–H groups in total. The number of aromatic nitrogens is 2. The number of hydrogen-bond donors (Lipinski definition) is 2. The molecule has 5 heteroatoms. The van der Waals surface area contributed by atoms with Crippen molar-refractivity contribution in [2.45, 2.75) is 26.7 Å². The predicted molar refractivity (Wildman–Crippen MR) is 143 cm³/mol. The van der Waals surface area contributed by atoms with Crippen LogP contribution >= 0.6 is 0 Å². The van der Waals surface area contributed by atoms with Crippen LogP contribution in [0.1, 0.15) is 22.5 Å². The smallest absolute Gasteiger partial charge is 0.308 e. The summed E-state index contributed by atoms with van der Waals surface area (Å²) in [5.74, 6) is 1.02. The van der Waals surface area contributed by atoms with Gasteiger partial charge in [-0.1, -0.05) is 48.5 Å². The van der Waals surface area contributed by atoms with Crippen LogP contribution in [0, 0.1) is 13.8 Å². The van der Waals surface area contributed by atoms with Gasteiger partial charge in [-0.05, 0) is 85.5 Å². The van der Waals surface area contributed by atoms with Gasteiger partial charge in [0.05, 0.1) is 11.0 Å². The third kappa shape index (κ3) is 5.25. The van der Waals surface area contributed by atoms with Crippen LogP contribution in [-0.4, -0.2) is 15.6 Å². The molecule has 0 unspecified atom stereocenters. The molecule has 174 valence electrons. The molecule has 4 aromatic carbocycles. The van der Waals surface area contributed by atoms with E-state index in [0.29, 0.717) is 0 Å². The zero-order valence-electron chi connectivity index (χ0n) is 20.0. The van der Waals surface area contributed by atoms with Gasteiger partial charge >= 0.3 is 6.03 Å². The summed E-state index contributed by atoms with van der Waals surface area (Å²) in [4.78, 5) is 17.5. The number of rotatable bonds is 6. The van der Waals surface area contributed by atoms with Gasteiger partial charge in [-0.3, -0.25) is 4.57 Å². The van der Waals surface area contributed by atoms with E-state index in [9.17, 15) is 4.79 Å². The first kappa shape index (κ1) is 22.4. The second-order valence-corrected chi connectivity index (χ2v) is 8.84. The molecule has 0 aliphatic heterocycles. The highest BCUT2D eigenvalue weighted by molar-refractivity contribution is 5.99. The number of hydrogen-bond acceptors (Lipinski definition) is 2. The Hall–Kier alpha value is -4.38. The van der Waals surface area contributed by atoms with Crippen molar-refractivity contribution in [1.82, 2.24) is 9.55 Å². The number of para-hydroxylation sites is 3. The number of benzene rings is 4. The molecule has 0 bridgehead atoms. The molecule has 35 heavy (non-hydrogen) atoms. The highest BCUT2D eigenvalue weighted by Crippen LogP contribution is 2.23. The topological polar surface area (TPSA) is 59.0 Å². The molecule has 1 aromatic heterocycles. The first-order valence-corrected chi connectivity index (χ1v) is 11.8. The van der Waals surface area contributed by atoms with E-state index >= 15 is 0 Å². The van der Waals surface area contributed by atoms with E-state index in [-0.39, 0.29) is 6.03 Å². The number of urea groups is 1. The maximum absolute atomic E-state index is 12.6. The van der Waals surface area contributed by atoms with Crippen molar-refractivity contribution in [3.63, 3.8) is 0 Å². The Balaban J connectivity index is 1.31. The molecule has 5 rings (SSSR count). The SMILES string of the molecule is Cc1cc(C)cc(NC(=O)Nc2cccc(CCc3nc4ccccc4n3-c3ccccc3)c2)c1. The average Bonchev–Trinajstić information content (AvgIpc) is 3.21. The second kappa shape index (κ2) is 9.85. The van der Waals surface area contributed by atoms with Crippen LogP contribution < -0.4 is 10.6 Å². The van der Waals surface area contributed by atoms with Gasteiger partial charge in [0.15, 0.2) is 0 Å². The van der Waals surface area contributed by atoms with Crippen molar-refractivity contribution in [1.29, 1.82) is 0 Å². The molecule has 2 amide bonds. The zero-order valence-corrected chi connectivity index (χ0v) is 20.0. The maximum atomic E-state index is 12.6. The molecule has 0 spiro atoms. The van der Waals surface area contributed by atoms with E-state index in [2.05, 4.69) is 51.6 Å². The molecular formula is C30H28N4O. The van der Waals surface area contributed by atoms with E-state index in [1.54, 1.807) is 0 Å². The third-order valence-corrected chi connectivity index (χ3v) is 5.95. The van der Waals surface area contributed by atoms with Crippen molar-refractivity contribution in [3.8, 4) is 5.69 Å². The minimum Gasteiger partial charge on any atom is -0.308 e. The van der Waals surface area contributed by atoms with Gasteiger partial charge in [-0.25, -0.2) is 9.78 Å². The molecule has 0 radical (unpaired) electrons. The van der Waals surface area contributed by atoms with Crippen LogP contribution in [0.2, 0.25) is 0 Å². The average molecular weight is 461 g/mol. The Bertz CT molecular complexity index is 1470. The van der Waals surface area contributed by atoms with Crippen molar-refractivity contribution in [3.05, 3.63) is 120 Å². The number of anilines is 2. The molecule has 1 heterocycles. The molecule has 0 aliphatic rings. The number of aryl methyl sites for hydroxylation is 4. The van der Waals surface area contributed by atoms with Gasteiger partial charge in [-0.2, -0.15) is 0 Å². The van der Waals surface area contributed by atoms with Gasteiger partial charge in [0.25, 0.3) is 0 Å². The molecule has 0 fully saturated rings. The summed E-state index contributed by atoms with van der Waals surface area (Å²) in [5, 5.41) is 5.88. The molecule has 5 aromatic rings. The Morgan fingerprint density at radius 2 is 1.46 bits per heavy atom. The number of carbonyl (C=O) groups is 1. The van der Waals surface area contributed by atoms with Crippen molar-refractivity contribution < 1.29 is 4.79 Å². The lowest BCUT2D eigenvalue weighted by molar-refractivity contribution is 0.262. The molecule has 5 nitrogen and oxygen atoms in total. The minimum absolute atomic E-state index is 0.252. The largest absolute Gasteiger partial charge is 0.323 e. The first-order chi connectivity index (χ1) is 17.0. The summed E-state index contributed by atoms with van der Waals surface area (Å²) in [6.07, 6.45) is 1.59. The third-order valence-electron chi connectivity index (χ3n) is 5.95. The summed E-state index contributed by atoms with van der Waals surface area (Å²) in [7, 11) is 0. The summed E-state index contributed by atoms with van der Waals surface area (Å²) in [5.41, 5.74) is 8.12. The fourth-order valence-electron chi connectivity index (χ4n) is 4.51. The number of imidazole rings is 1. The molecule has 0 saturated carbocycles. The van der Waals surface area contributed by atoms with Crippen LogP contribution in [0.25, 0.3) is 16.7 Å². The summed E-state index contributed by atoms with van der Waals surface area (Å²) >= 11 is 0. The number of amides is 2. The van der Waals surface area contributed by atoms with Gasteiger partial charge in [0.1, 0.15) is 5.82 Å². The van der Waals surface area contributed by atoms with E-state index < -0.39 is 0 Å². The van der Waals surface area contributed by atoms with Gasteiger partial charge in [0, 0.05) is 23.5 Å². The molecule has 0 atom stereocenters. The van der Waals surface area contributed by atoms with Crippen molar-refractivity contribution >= 4 is 28.4 Å². The Kier molecular flexibility index (Phi) is 6.31. The van der Waals surface area contributed by atoms with Gasteiger partial charge in [-0.15, -0.1) is 0 Å². The van der Waals surface area contributed by atoms with Gasteiger partial charge < -0.3 is 10.6 Å². The Morgan fingerprint density at radius 1 is 0.743 bits per heavy atom. The fraction of sp³-hybridized carbons (Fsp3) is 0.133. The predicted octanol–water partition coefficient (Wildman–Crippen LogP) is 7.07. The Labute approximate surface area is 205 Å². The molecule has 0 aliphatic carbocycles. The normalized spacial score (nSPS) is 10.9. The Morgan fingerprint density at radius 3 is 2.26 bits per heavy atom. The lowest BCUT2D eigenvalue weighted by Crippen LogP contribution is -2.19. The van der Waals surface area contributed by atoms with E-state index in [0.717, 1.165) is 63.5 Å². The number of fused-ring (bicyclic) bond motifs is 1. The van der Waals surface area contributed by atoms with E-state index in [1.807, 2.05) is 74.5 Å². The summed E-state index contributed by atoms with van der Waals surface area (Å²) in [6, 6.07) is 32.3. The number of carbonyl (C=O) groups excluding carboxylic acids is 1. The van der Waals surface area contributed by atoms with Crippen molar-refractivity contribution in [2.75, 3.05) is 10.6 Å². The van der Waals surface area contributed by atoms with Crippen LogP contribution in [0.5, 0.6) is 0 Å². The quantitative estimate of drug-likeness (QED) is 0.285. The fourth-order valence-corrected chi connectivity index (χ4v) is 4.51. The van der Waals surface area contributed by atoms with Gasteiger partial charge in [0.2, 0.25) is 0 Å². The highest BCUT2D eigenvalue weighted by atomic mass is 16.2. The lowest BCUT2D eigenvalue weighted by Gasteiger charge is -2.11. The lowest BCUT2D eigenvalue weighted by atomic mass is 10.1. The van der Waals surface area contributed by atoms with Crippen LogP contribution in [0.3, 0.4) is 0 Å². The summed E-state index contributed by atoms with van der Waals surface area (Å²) < 4.78 is 2.23. The molecular weight excluding hydrogens is 432 g/mol. The van der Waals surface area contributed by atoms with Crippen LogP contribution in [-0.2, 0) is 12.8 Å². The molecule has 0 saturated heterocycles. The minimum atomic E-state index is -0.252. The summed E-state index contributed by atoms with van der Waals surface area (Å²) in [6.45, 7) is 4.04. The van der Waals surface area contributed by atoms with E-state index in [1.165, 1.54) is 0 Å². The standard InChI is InChI=1S/C30H28N4O/c1-21-17-22(2)19-25(18-21)32-30(35)31-24-10-8-9-23(20-24)15-16-29-33-27-13-6-7-14-28(27)34(29)26-11-4-3-5-12-26/h3-14,17-20H,15-16H2,1-2H3,(H2,31,32,35). The number of nitrogens with one attached hydrogen (secondary N) is 2. The van der Waals surface area contributed by atoms with Crippen molar-refractivity contribution in [2.24, 2.45) is 0 Å². The second-order valence-electron chi connectivity index (χ2n) is 8.84. The van der Waals surface area contributed by atoms with E-state index in [4.69, 9.17) is 4.98 Å². The van der Waals surface area contributed by atoms with Crippen LogP contribution in [0.4, 0.5) is 16.2 Å². The maximum Gasteiger partial charge on any atom is 0.323 e. The monoisotopic (exact) mass is 460 g/mol.